The topological polar surface area (TPSA) is 51.6 Å². The first kappa shape index (κ1) is 10.2. The summed E-state index contributed by atoms with van der Waals surface area (Å²) in [5.41, 5.74) is 0. The first-order valence-corrected chi connectivity index (χ1v) is 8.55. The second kappa shape index (κ2) is 4.50. The van der Waals surface area contributed by atoms with Gasteiger partial charge in [-0.25, -0.2) is 19.9 Å². The zero-order valence-corrected chi connectivity index (χ0v) is 11.0. The predicted octanol–water partition coefficient (Wildman–Crippen LogP) is 3.51. The molecule has 16 heavy (non-hydrogen) atoms. The standard InChI is InChI=1S/C8H4N4S4/c1-3-9-7-11-5(1)13-15-8-10-4-2-6(12-8)14-16-7/h1-4H. The minimum Gasteiger partial charge on any atom is -0.227 e. The average molecular weight is 284 g/mol. The molecule has 4 bridgehead atoms. The Labute approximate surface area is 105 Å². The second-order valence-corrected chi connectivity index (χ2v) is 6.92. The zero-order valence-electron chi connectivity index (χ0n) is 7.73. The molecule has 80 valence electrons. The molecule has 3 heterocycles. The molecule has 0 saturated heterocycles. The molecule has 0 aliphatic carbocycles. The van der Waals surface area contributed by atoms with Gasteiger partial charge in [0.15, 0.2) is 0 Å². The van der Waals surface area contributed by atoms with Crippen molar-refractivity contribution < 1.29 is 0 Å². The monoisotopic (exact) mass is 284 g/mol. The second-order valence-electron chi connectivity index (χ2n) is 2.69. The Morgan fingerprint density at radius 1 is 0.688 bits per heavy atom. The Kier molecular flexibility index (Phi) is 2.87. The number of aromatic nitrogens is 4. The maximum absolute atomic E-state index is 4.40. The van der Waals surface area contributed by atoms with Crippen LogP contribution in [0, 0.1) is 0 Å². The summed E-state index contributed by atoms with van der Waals surface area (Å²) in [7, 11) is 6.12. The molecule has 0 amide bonds. The van der Waals surface area contributed by atoms with Crippen LogP contribution in [0.3, 0.4) is 0 Å². The number of hydrogen-bond donors (Lipinski definition) is 0. The number of nitrogens with zero attached hydrogens (tertiary/aromatic N) is 4. The third kappa shape index (κ3) is 2.24. The molecule has 3 aromatic rings. The molecule has 0 aliphatic heterocycles. The molecular formula is C8H4N4S4. The Hall–Kier alpha value is -0.960. The first-order chi connectivity index (χ1) is 7.90. The van der Waals surface area contributed by atoms with Crippen LogP contribution in [0.15, 0.2) is 24.5 Å². The smallest absolute Gasteiger partial charge is 0.220 e. The maximum atomic E-state index is 4.40. The van der Waals surface area contributed by atoms with Crippen LogP contribution in [0.5, 0.6) is 0 Å². The summed E-state index contributed by atoms with van der Waals surface area (Å²) in [5, 5.41) is 0. The number of rotatable bonds is 0. The molecule has 0 unspecified atom stereocenters. The van der Waals surface area contributed by atoms with E-state index in [2.05, 4.69) is 19.9 Å². The van der Waals surface area contributed by atoms with Gasteiger partial charge in [-0.1, -0.05) is 20.7 Å². The van der Waals surface area contributed by atoms with Crippen LogP contribution in [0.25, 0.3) is 19.6 Å². The van der Waals surface area contributed by atoms with E-state index in [0.717, 1.165) is 19.6 Å². The lowest BCUT2D eigenvalue weighted by atomic mass is 10.7. The van der Waals surface area contributed by atoms with Crippen LogP contribution in [0.2, 0.25) is 0 Å². The predicted molar refractivity (Wildman–Crippen MR) is 70.6 cm³/mol. The first-order valence-electron chi connectivity index (χ1n) is 4.25. The minimum absolute atomic E-state index is 0.762. The number of hydrogen-bond acceptors (Lipinski definition) is 8. The summed E-state index contributed by atoms with van der Waals surface area (Å²) in [6, 6.07) is 3.77. The largest absolute Gasteiger partial charge is 0.227 e. The Morgan fingerprint density at radius 2 is 1.19 bits per heavy atom. The molecule has 0 atom stereocenters. The van der Waals surface area contributed by atoms with E-state index in [1.807, 2.05) is 12.1 Å². The van der Waals surface area contributed by atoms with Crippen molar-refractivity contribution in [3.05, 3.63) is 24.5 Å². The van der Waals surface area contributed by atoms with Crippen LogP contribution in [-0.2, 0) is 0 Å². The highest BCUT2D eigenvalue weighted by Gasteiger charge is 1.92. The van der Waals surface area contributed by atoms with Gasteiger partial charge in [0.25, 0.3) is 0 Å². The zero-order chi connectivity index (χ0) is 10.8. The molecule has 0 N–H and O–H groups in total. The molecular weight excluding hydrogens is 280 g/mol. The third-order valence-corrected chi connectivity index (χ3v) is 5.69. The van der Waals surface area contributed by atoms with E-state index < -0.39 is 0 Å². The summed E-state index contributed by atoms with van der Waals surface area (Å²) in [5.74, 6) is 0. The fraction of sp³-hybridized carbons (Fsp3) is 0. The molecule has 0 aromatic carbocycles. The van der Waals surface area contributed by atoms with E-state index in [1.165, 1.54) is 20.7 Å². The average Bonchev–Trinajstić information content (AvgIpc) is 2.34. The molecule has 3 rings (SSSR count). The van der Waals surface area contributed by atoms with Crippen LogP contribution in [0.1, 0.15) is 0 Å². The van der Waals surface area contributed by atoms with Gasteiger partial charge < -0.3 is 0 Å². The lowest BCUT2D eigenvalue weighted by molar-refractivity contribution is 1.34. The van der Waals surface area contributed by atoms with Crippen molar-refractivity contribution in [2.75, 3.05) is 0 Å². The van der Waals surface area contributed by atoms with Crippen LogP contribution in [-0.4, -0.2) is 19.9 Å². The van der Waals surface area contributed by atoms with Crippen LogP contribution < -0.4 is 0 Å². The molecule has 0 aliphatic rings. The van der Waals surface area contributed by atoms with Crippen molar-refractivity contribution in [1.82, 2.24) is 19.9 Å². The van der Waals surface area contributed by atoms with Gasteiger partial charge in [-0.05, 0) is 32.8 Å². The third-order valence-electron chi connectivity index (χ3n) is 1.62. The molecule has 0 saturated carbocycles. The van der Waals surface area contributed by atoms with Crippen LogP contribution >= 0.6 is 41.4 Å². The minimum atomic E-state index is 0.762. The van der Waals surface area contributed by atoms with Gasteiger partial charge in [-0.3, -0.25) is 0 Å². The van der Waals surface area contributed by atoms with Crippen molar-refractivity contribution >= 4 is 60.9 Å². The molecule has 0 radical (unpaired) electrons. The normalized spacial score (nSPS) is 10.5. The maximum Gasteiger partial charge on any atom is 0.220 e. The quantitative estimate of drug-likeness (QED) is 0.593. The van der Waals surface area contributed by atoms with E-state index in [4.69, 9.17) is 0 Å². The highest BCUT2D eigenvalue weighted by atomic mass is 32.9. The van der Waals surface area contributed by atoms with E-state index in [0.29, 0.717) is 0 Å². The van der Waals surface area contributed by atoms with Crippen LogP contribution in [0.4, 0.5) is 0 Å². The van der Waals surface area contributed by atoms with E-state index in [-0.39, 0.29) is 0 Å². The molecule has 0 fully saturated rings. The van der Waals surface area contributed by atoms with E-state index in [9.17, 15) is 0 Å². The fourth-order valence-corrected chi connectivity index (χ4v) is 4.38. The van der Waals surface area contributed by atoms with Crippen molar-refractivity contribution in [3.8, 4) is 0 Å². The van der Waals surface area contributed by atoms with Gasteiger partial charge in [0.05, 0.1) is 0 Å². The van der Waals surface area contributed by atoms with Gasteiger partial charge in [0.1, 0.15) is 9.66 Å². The van der Waals surface area contributed by atoms with Gasteiger partial charge >= 0.3 is 0 Å². The molecule has 0 spiro atoms. The van der Waals surface area contributed by atoms with Gasteiger partial charge in [-0.15, -0.1) is 0 Å². The van der Waals surface area contributed by atoms with E-state index >= 15 is 0 Å². The summed E-state index contributed by atoms with van der Waals surface area (Å²) in [4.78, 5) is 20.6. The summed E-state index contributed by atoms with van der Waals surface area (Å²) >= 11 is 0. The summed E-state index contributed by atoms with van der Waals surface area (Å²) < 4.78 is 0. The Balaban J connectivity index is 2.46. The Bertz CT molecular complexity index is 578. The summed E-state index contributed by atoms with van der Waals surface area (Å²) in [6.07, 6.45) is 3.55. The molecule has 4 nitrogen and oxygen atoms in total. The SMILES string of the molecule is c1cc2nc(n1)ssc1ccnc(n1)ss2. The Morgan fingerprint density at radius 3 is 1.69 bits per heavy atom. The summed E-state index contributed by atoms with van der Waals surface area (Å²) in [6.45, 7) is 0. The molecule has 8 heteroatoms. The van der Waals surface area contributed by atoms with Crippen molar-refractivity contribution in [2.45, 2.75) is 0 Å². The van der Waals surface area contributed by atoms with Crippen molar-refractivity contribution in [1.29, 1.82) is 0 Å². The van der Waals surface area contributed by atoms with E-state index in [1.54, 1.807) is 33.1 Å². The number of fused-ring (bicyclic) bond motifs is 4. The van der Waals surface area contributed by atoms with Gasteiger partial charge in [0.2, 0.25) is 9.92 Å². The van der Waals surface area contributed by atoms with Gasteiger partial charge in [0, 0.05) is 12.4 Å². The lowest BCUT2D eigenvalue weighted by Gasteiger charge is -1.89. The highest BCUT2D eigenvalue weighted by Crippen LogP contribution is 2.18. The fourth-order valence-electron chi connectivity index (χ4n) is 0.983. The van der Waals surface area contributed by atoms with Crippen molar-refractivity contribution in [3.63, 3.8) is 0 Å². The lowest BCUT2D eigenvalue weighted by Crippen LogP contribution is -1.76. The molecule has 3 aromatic heterocycles. The van der Waals surface area contributed by atoms with Crippen molar-refractivity contribution in [2.24, 2.45) is 0 Å². The van der Waals surface area contributed by atoms with Gasteiger partial charge in [-0.2, -0.15) is 0 Å². The highest BCUT2D eigenvalue weighted by molar-refractivity contribution is 7.73.